The monoisotopic (exact) mass is 505 g/mol. The number of halogens is 2. The highest BCUT2D eigenvalue weighted by atomic mass is 19.1. The van der Waals surface area contributed by atoms with Crippen LogP contribution in [0.15, 0.2) is 42.5 Å². The van der Waals surface area contributed by atoms with E-state index in [0.29, 0.717) is 42.5 Å². The molecule has 2 aliphatic rings. The van der Waals surface area contributed by atoms with E-state index in [4.69, 9.17) is 15.6 Å². The maximum atomic E-state index is 14.0. The average molecular weight is 506 g/mol. The van der Waals surface area contributed by atoms with E-state index in [9.17, 15) is 18.4 Å². The number of hydrogen-bond acceptors (Lipinski definition) is 5. The molecule has 37 heavy (non-hydrogen) atoms. The Kier molecular flexibility index (Phi) is 6.07. The van der Waals surface area contributed by atoms with Gasteiger partial charge < -0.3 is 20.7 Å². The molecule has 1 saturated heterocycles. The lowest BCUT2D eigenvalue weighted by Crippen LogP contribution is -2.60. The van der Waals surface area contributed by atoms with Crippen LogP contribution < -0.4 is 15.8 Å². The number of hydrogen-bond donors (Lipinski definition) is 2. The number of benzene rings is 2. The van der Waals surface area contributed by atoms with Crippen LogP contribution in [0.4, 0.5) is 14.6 Å². The van der Waals surface area contributed by atoms with Crippen LogP contribution >= 0.6 is 0 Å². The third-order valence-corrected chi connectivity index (χ3v) is 7.07. The van der Waals surface area contributed by atoms with Gasteiger partial charge in [0.15, 0.2) is 11.6 Å². The number of nitrogens with one attached hydrogen (secondary N) is 1. The Morgan fingerprint density at radius 3 is 2.57 bits per heavy atom. The fraction of sp³-hybridized carbons (Fsp3) is 0.296. The summed E-state index contributed by atoms with van der Waals surface area (Å²) in [5.41, 5.74) is 6.65. The zero-order valence-corrected chi connectivity index (χ0v) is 20.3. The van der Waals surface area contributed by atoms with Gasteiger partial charge in [-0.05, 0) is 62.6 Å². The minimum atomic E-state index is -0.815. The van der Waals surface area contributed by atoms with Crippen LogP contribution in [0.2, 0.25) is 0 Å². The van der Waals surface area contributed by atoms with Gasteiger partial charge in [0.05, 0.1) is 5.54 Å². The molecule has 0 radical (unpaired) electrons. The predicted molar refractivity (Wildman–Crippen MR) is 133 cm³/mol. The SMILES string of the molecule is CC#CC(=O)N1CC(C2(C)CCNc3c(C(N)=O)c(-c4ccc(Oc5ccc(F)cc5F)cc4)nn32)C1. The molecule has 2 aromatic carbocycles. The standard InChI is InChI=1S/C27H25F2N5O3/c1-3-4-22(35)33-14-17(15-33)27(2)11-12-31-26-23(25(30)36)24(32-34(26)27)16-5-8-19(9-6-16)37-21-10-7-18(28)13-20(21)29/h5-10,13,17,31H,11-12,14-15H2,1-2H3,(H2,30,36). The van der Waals surface area contributed by atoms with Crippen molar-refractivity contribution in [3.05, 3.63) is 59.7 Å². The lowest BCUT2D eigenvalue weighted by molar-refractivity contribution is -0.134. The molecule has 1 atom stereocenters. The van der Waals surface area contributed by atoms with Gasteiger partial charge in [0.25, 0.3) is 11.8 Å². The number of amides is 2. The molecular weight excluding hydrogens is 480 g/mol. The van der Waals surface area contributed by atoms with Crippen molar-refractivity contribution in [3.63, 3.8) is 0 Å². The van der Waals surface area contributed by atoms with Crippen LogP contribution in [0.3, 0.4) is 0 Å². The van der Waals surface area contributed by atoms with E-state index in [2.05, 4.69) is 24.1 Å². The fourth-order valence-electron chi connectivity index (χ4n) is 4.89. The van der Waals surface area contributed by atoms with E-state index >= 15 is 0 Å². The van der Waals surface area contributed by atoms with Gasteiger partial charge in [-0.25, -0.2) is 13.5 Å². The van der Waals surface area contributed by atoms with E-state index in [1.807, 2.05) is 4.68 Å². The number of aromatic nitrogens is 2. The Balaban J connectivity index is 1.45. The number of nitrogens with two attached hydrogens (primary N) is 1. The number of carbonyl (C=O) groups excluding carboxylic acids is 2. The number of ether oxygens (including phenoxy) is 1. The van der Waals surface area contributed by atoms with Gasteiger partial charge in [-0.1, -0.05) is 5.92 Å². The molecule has 2 aliphatic heterocycles. The van der Waals surface area contributed by atoms with Gasteiger partial charge >= 0.3 is 0 Å². The number of nitrogens with zero attached hydrogens (tertiary/aromatic N) is 3. The summed E-state index contributed by atoms with van der Waals surface area (Å²) in [5, 5.41) is 8.09. The topological polar surface area (TPSA) is 102 Å². The molecule has 0 aliphatic carbocycles. The molecule has 2 amide bonds. The minimum Gasteiger partial charge on any atom is -0.454 e. The molecule has 190 valence electrons. The highest BCUT2D eigenvalue weighted by Crippen LogP contribution is 2.43. The lowest BCUT2D eigenvalue weighted by Gasteiger charge is -2.50. The number of rotatable bonds is 5. The van der Waals surface area contributed by atoms with Gasteiger partial charge in [-0.15, -0.1) is 0 Å². The van der Waals surface area contributed by atoms with Crippen molar-refractivity contribution >= 4 is 17.6 Å². The predicted octanol–water partition coefficient (Wildman–Crippen LogP) is 3.73. The maximum Gasteiger partial charge on any atom is 0.298 e. The molecule has 0 bridgehead atoms. The maximum absolute atomic E-state index is 14.0. The first-order valence-electron chi connectivity index (χ1n) is 11.8. The molecule has 10 heteroatoms. The molecule has 1 unspecified atom stereocenters. The van der Waals surface area contributed by atoms with Gasteiger partial charge in [-0.3, -0.25) is 9.59 Å². The Bertz CT molecular complexity index is 1450. The van der Waals surface area contributed by atoms with E-state index in [0.717, 1.165) is 18.6 Å². The number of primary amides is 1. The second-order valence-corrected chi connectivity index (χ2v) is 9.37. The molecule has 5 rings (SSSR count). The van der Waals surface area contributed by atoms with Crippen molar-refractivity contribution in [2.75, 3.05) is 25.0 Å². The first-order valence-corrected chi connectivity index (χ1v) is 11.8. The van der Waals surface area contributed by atoms with Crippen LogP contribution in [0.25, 0.3) is 11.3 Å². The molecule has 0 saturated carbocycles. The van der Waals surface area contributed by atoms with Gasteiger partial charge in [-0.2, -0.15) is 5.10 Å². The van der Waals surface area contributed by atoms with E-state index in [1.165, 1.54) is 6.07 Å². The lowest BCUT2D eigenvalue weighted by atomic mass is 9.77. The average Bonchev–Trinajstić information content (AvgIpc) is 3.22. The van der Waals surface area contributed by atoms with Crippen LogP contribution in [0, 0.1) is 29.4 Å². The molecule has 3 N–H and O–H groups in total. The van der Waals surface area contributed by atoms with E-state index in [-0.39, 0.29) is 23.1 Å². The van der Waals surface area contributed by atoms with Crippen LogP contribution in [-0.4, -0.2) is 46.1 Å². The molecular formula is C27H25F2N5O3. The second kappa shape index (κ2) is 9.24. The number of carbonyl (C=O) groups is 2. The van der Waals surface area contributed by atoms with Gasteiger partial charge in [0, 0.05) is 37.2 Å². The summed E-state index contributed by atoms with van der Waals surface area (Å²) in [4.78, 5) is 26.4. The van der Waals surface area contributed by atoms with Crippen LogP contribution in [-0.2, 0) is 10.3 Å². The summed E-state index contributed by atoms with van der Waals surface area (Å²) in [6.45, 7) is 5.43. The van der Waals surface area contributed by atoms with Crippen LogP contribution in [0.1, 0.15) is 30.6 Å². The highest BCUT2D eigenvalue weighted by Gasteiger charge is 2.48. The smallest absolute Gasteiger partial charge is 0.298 e. The quantitative estimate of drug-likeness (QED) is 0.515. The third-order valence-electron chi connectivity index (χ3n) is 7.07. The summed E-state index contributed by atoms with van der Waals surface area (Å²) in [5.74, 6) is 3.78. The molecule has 3 heterocycles. The first-order chi connectivity index (χ1) is 17.7. The zero-order valence-electron chi connectivity index (χ0n) is 20.3. The third kappa shape index (κ3) is 4.27. The minimum absolute atomic E-state index is 0.109. The summed E-state index contributed by atoms with van der Waals surface area (Å²) < 4.78 is 34.5. The number of fused-ring (bicyclic) bond motifs is 1. The Labute approximate surface area is 212 Å². The fourth-order valence-corrected chi connectivity index (χ4v) is 4.89. The normalized spacial score (nSPS) is 18.6. The van der Waals surface area contributed by atoms with E-state index in [1.54, 1.807) is 36.1 Å². The van der Waals surface area contributed by atoms with Gasteiger partial charge in [0.1, 0.15) is 28.6 Å². The summed E-state index contributed by atoms with van der Waals surface area (Å²) >= 11 is 0. The Morgan fingerprint density at radius 2 is 1.92 bits per heavy atom. The van der Waals surface area contributed by atoms with Crippen molar-refractivity contribution in [2.24, 2.45) is 11.7 Å². The molecule has 3 aromatic rings. The molecule has 1 fully saturated rings. The summed E-state index contributed by atoms with van der Waals surface area (Å²) in [6.07, 6.45) is 0.751. The number of likely N-dealkylation sites (tertiary alicyclic amines) is 1. The van der Waals surface area contributed by atoms with Crippen molar-refractivity contribution in [1.29, 1.82) is 0 Å². The van der Waals surface area contributed by atoms with Crippen molar-refractivity contribution < 1.29 is 23.1 Å². The first kappa shape index (κ1) is 24.3. The van der Waals surface area contributed by atoms with E-state index < -0.39 is 23.1 Å². The van der Waals surface area contributed by atoms with Crippen molar-refractivity contribution in [1.82, 2.24) is 14.7 Å². The summed E-state index contributed by atoms with van der Waals surface area (Å²) in [7, 11) is 0. The molecule has 0 spiro atoms. The van der Waals surface area contributed by atoms with Crippen molar-refractivity contribution in [3.8, 4) is 34.6 Å². The summed E-state index contributed by atoms with van der Waals surface area (Å²) in [6, 6.07) is 9.68. The molecule has 8 nitrogen and oxygen atoms in total. The highest BCUT2D eigenvalue weighted by molar-refractivity contribution is 6.04. The van der Waals surface area contributed by atoms with Crippen molar-refractivity contribution in [2.45, 2.75) is 25.8 Å². The second-order valence-electron chi connectivity index (χ2n) is 9.37. The zero-order chi connectivity index (χ0) is 26.3. The Morgan fingerprint density at radius 1 is 1.19 bits per heavy atom. The van der Waals surface area contributed by atoms with Gasteiger partial charge in [0.2, 0.25) is 0 Å². The Hall–Kier alpha value is -4.39. The van der Waals surface area contributed by atoms with Crippen LogP contribution in [0.5, 0.6) is 11.5 Å². The molecule has 1 aromatic heterocycles. The largest absolute Gasteiger partial charge is 0.454 e. The number of anilines is 1.